The number of nitrogens with one attached hydrogen (secondary N) is 1. The van der Waals surface area contributed by atoms with Gasteiger partial charge in [-0.15, -0.1) is 0 Å². The number of nitro groups is 1. The highest BCUT2D eigenvalue weighted by Gasteiger charge is 2.25. The van der Waals surface area contributed by atoms with Crippen LogP contribution in [0.4, 0.5) is 22.7 Å². The second-order valence-electron chi connectivity index (χ2n) is 10.8. The van der Waals surface area contributed by atoms with Crippen LogP contribution in [-0.2, 0) is 0 Å². The van der Waals surface area contributed by atoms with E-state index in [4.69, 9.17) is 0 Å². The Morgan fingerprint density at radius 1 is 0.825 bits per heavy atom. The molecule has 0 saturated carbocycles. The zero-order chi connectivity index (χ0) is 28.2. The van der Waals surface area contributed by atoms with Gasteiger partial charge in [0.25, 0.3) is 17.5 Å². The standard InChI is InChI=1S/C31H35N5O4/c1-22-3-5-24(6-4-22)31(38)35-19-17-33(18-20-35)27-10-8-26(9-11-27)32-30(37)25-7-12-28(29(21-25)36(39)40)34-15-13-23(2)14-16-34/h3-12,21,23H,13-20H2,1-2H3,(H,32,37). The molecule has 5 rings (SSSR count). The molecule has 0 aromatic heterocycles. The Hall–Kier alpha value is -4.40. The minimum Gasteiger partial charge on any atom is -0.368 e. The van der Waals surface area contributed by atoms with E-state index in [1.807, 2.05) is 65.3 Å². The van der Waals surface area contributed by atoms with E-state index in [2.05, 4.69) is 17.1 Å². The van der Waals surface area contributed by atoms with Crippen LogP contribution in [0.15, 0.2) is 66.7 Å². The van der Waals surface area contributed by atoms with Crippen molar-refractivity contribution in [1.82, 2.24) is 4.90 Å². The predicted octanol–water partition coefficient (Wildman–Crippen LogP) is 5.35. The number of anilines is 3. The number of amides is 2. The molecular weight excluding hydrogens is 506 g/mol. The number of hydrogen-bond acceptors (Lipinski definition) is 6. The molecule has 3 aromatic rings. The van der Waals surface area contributed by atoms with Crippen LogP contribution in [0.25, 0.3) is 0 Å². The second kappa shape index (κ2) is 11.8. The number of carbonyl (C=O) groups excluding carboxylic acids is 2. The lowest BCUT2D eigenvalue weighted by molar-refractivity contribution is -0.384. The van der Waals surface area contributed by atoms with Crippen LogP contribution in [0.2, 0.25) is 0 Å². The van der Waals surface area contributed by atoms with E-state index < -0.39 is 10.8 Å². The minimum absolute atomic E-state index is 0.0439. The first kappa shape index (κ1) is 27.2. The van der Waals surface area contributed by atoms with E-state index in [1.165, 1.54) is 6.07 Å². The average Bonchev–Trinajstić information content (AvgIpc) is 2.98. The molecule has 208 valence electrons. The maximum Gasteiger partial charge on any atom is 0.293 e. The van der Waals surface area contributed by atoms with Crippen LogP contribution in [0.1, 0.15) is 46.0 Å². The number of rotatable bonds is 6. The molecule has 3 aromatic carbocycles. The first-order valence-corrected chi connectivity index (χ1v) is 13.8. The highest BCUT2D eigenvalue weighted by Crippen LogP contribution is 2.32. The summed E-state index contributed by atoms with van der Waals surface area (Å²) < 4.78 is 0. The molecule has 9 nitrogen and oxygen atoms in total. The topological polar surface area (TPSA) is 99.0 Å². The molecule has 2 aliphatic heterocycles. The van der Waals surface area contributed by atoms with Crippen molar-refractivity contribution in [2.24, 2.45) is 5.92 Å². The Labute approximate surface area is 234 Å². The number of piperazine rings is 1. The first-order chi connectivity index (χ1) is 19.3. The van der Waals surface area contributed by atoms with Crippen molar-refractivity contribution in [3.05, 3.63) is 93.5 Å². The molecule has 0 unspecified atom stereocenters. The van der Waals surface area contributed by atoms with E-state index in [-0.39, 0.29) is 17.2 Å². The van der Waals surface area contributed by atoms with Crippen molar-refractivity contribution in [3.63, 3.8) is 0 Å². The Balaban J connectivity index is 1.19. The van der Waals surface area contributed by atoms with Gasteiger partial charge in [0.05, 0.1) is 4.92 Å². The van der Waals surface area contributed by atoms with Gasteiger partial charge >= 0.3 is 0 Å². The zero-order valence-electron chi connectivity index (χ0n) is 23.0. The van der Waals surface area contributed by atoms with Crippen LogP contribution in [0, 0.1) is 23.0 Å². The fourth-order valence-corrected chi connectivity index (χ4v) is 5.33. The number of hydrogen-bond donors (Lipinski definition) is 1. The smallest absolute Gasteiger partial charge is 0.293 e. The zero-order valence-corrected chi connectivity index (χ0v) is 23.0. The average molecular weight is 542 g/mol. The van der Waals surface area contributed by atoms with Crippen molar-refractivity contribution in [2.75, 3.05) is 54.4 Å². The number of nitro benzene ring substituents is 1. The maximum atomic E-state index is 12.9. The summed E-state index contributed by atoms with van der Waals surface area (Å²) >= 11 is 0. The molecule has 2 amide bonds. The normalized spacial score (nSPS) is 16.1. The number of aryl methyl sites for hydroxylation is 1. The summed E-state index contributed by atoms with van der Waals surface area (Å²) in [5, 5.41) is 14.7. The van der Waals surface area contributed by atoms with Crippen LogP contribution in [0.3, 0.4) is 0 Å². The Morgan fingerprint density at radius 3 is 2.08 bits per heavy atom. The molecule has 9 heteroatoms. The lowest BCUT2D eigenvalue weighted by Crippen LogP contribution is -2.48. The van der Waals surface area contributed by atoms with Gasteiger partial charge in [-0.1, -0.05) is 24.6 Å². The molecule has 1 N–H and O–H groups in total. The van der Waals surface area contributed by atoms with Gasteiger partial charge in [-0.05, 0) is 74.2 Å². The summed E-state index contributed by atoms with van der Waals surface area (Å²) in [5.41, 5.74) is 4.23. The van der Waals surface area contributed by atoms with Gasteiger partial charge in [-0.25, -0.2) is 0 Å². The molecule has 0 aliphatic carbocycles. The summed E-state index contributed by atoms with van der Waals surface area (Å²) in [6.07, 6.45) is 1.99. The van der Waals surface area contributed by atoms with Gasteiger partial charge in [-0.2, -0.15) is 0 Å². The highest BCUT2D eigenvalue weighted by molar-refractivity contribution is 6.05. The van der Waals surface area contributed by atoms with Gasteiger partial charge in [0, 0.05) is 67.8 Å². The third-order valence-electron chi connectivity index (χ3n) is 7.91. The molecule has 2 aliphatic rings. The Kier molecular flexibility index (Phi) is 8.00. The van der Waals surface area contributed by atoms with Crippen LogP contribution >= 0.6 is 0 Å². The maximum absolute atomic E-state index is 12.9. The van der Waals surface area contributed by atoms with E-state index in [1.54, 1.807) is 12.1 Å². The number of nitrogens with zero attached hydrogens (tertiary/aromatic N) is 4. The fraction of sp³-hybridized carbons (Fsp3) is 0.355. The highest BCUT2D eigenvalue weighted by atomic mass is 16.6. The van der Waals surface area contributed by atoms with Crippen LogP contribution < -0.4 is 15.1 Å². The number of benzene rings is 3. The number of carbonyl (C=O) groups is 2. The molecular formula is C31H35N5O4. The van der Waals surface area contributed by atoms with Crippen molar-refractivity contribution in [1.29, 1.82) is 0 Å². The van der Waals surface area contributed by atoms with Crippen molar-refractivity contribution in [2.45, 2.75) is 26.7 Å². The summed E-state index contributed by atoms with van der Waals surface area (Å²) in [6.45, 7) is 8.46. The molecule has 0 bridgehead atoms. The molecule has 40 heavy (non-hydrogen) atoms. The van der Waals surface area contributed by atoms with E-state index in [9.17, 15) is 19.7 Å². The minimum atomic E-state index is -0.410. The van der Waals surface area contributed by atoms with Gasteiger partial charge in [-0.3, -0.25) is 19.7 Å². The lowest BCUT2D eigenvalue weighted by atomic mass is 9.98. The monoisotopic (exact) mass is 541 g/mol. The number of piperidine rings is 1. The van der Waals surface area contributed by atoms with E-state index in [0.29, 0.717) is 35.9 Å². The summed E-state index contributed by atoms with van der Waals surface area (Å²) in [4.78, 5) is 43.3. The second-order valence-corrected chi connectivity index (χ2v) is 10.8. The molecule has 0 spiro atoms. The van der Waals surface area contributed by atoms with Gasteiger partial charge in [0.15, 0.2) is 0 Å². The third-order valence-corrected chi connectivity index (χ3v) is 7.91. The largest absolute Gasteiger partial charge is 0.368 e. The van der Waals surface area contributed by atoms with Crippen LogP contribution in [0.5, 0.6) is 0 Å². The Morgan fingerprint density at radius 2 is 1.45 bits per heavy atom. The van der Waals surface area contributed by atoms with E-state index >= 15 is 0 Å². The molecule has 2 saturated heterocycles. The van der Waals surface area contributed by atoms with E-state index in [0.717, 1.165) is 50.3 Å². The van der Waals surface area contributed by atoms with Gasteiger partial charge in [0.2, 0.25) is 0 Å². The molecule has 0 radical (unpaired) electrons. The van der Waals surface area contributed by atoms with Crippen molar-refractivity contribution < 1.29 is 14.5 Å². The predicted molar refractivity (Wildman–Crippen MR) is 157 cm³/mol. The first-order valence-electron chi connectivity index (χ1n) is 13.8. The Bertz CT molecular complexity index is 1370. The van der Waals surface area contributed by atoms with Gasteiger partial charge in [0.1, 0.15) is 5.69 Å². The summed E-state index contributed by atoms with van der Waals surface area (Å²) in [6, 6.07) is 19.9. The molecule has 2 fully saturated rings. The SMILES string of the molecule is Cc1ccc(C(=O)N2CCN(c3ccc(NC(=O)c4ccc(N5CCC(C)CC5)c([N+](=O)[O-])c4)cc3)CC2)cc1. The summed E-state index contributed by atoms with van der Waals surface area (Å²) in [5.74, 6) is 0.277. The quantitative estimate of drug-likeness (QED) is 0.334. The fourth-order valence-electron chi connectivity index (χ4n) is 5.33. The molecule has 2 heterocycles. The van der Waals surface area contributed by atoms with Crippen molar-refractivity contribution in [3.8, 4) is 0 Å². The summed E-state index contributed by atoms with van der Waals surface area (Å²) in [7, 11) is 0. The molecule has 0 atom stereocenters. The van der Waals surface area contributed by atoms with Gasteiger partial charge < -0.3 is 20.0 Å². The third kappa shape index (κ3) is 6.09. The van der Waals surface area contributed by atoms with Crippen LogP contribution in [-0.4, -0.2) is 60.9 Å². The van der Waals surface area contributed by atoms with Crippen molar-refractivity contribution >= 4 is 34.6 Å². The lowest BCUT2D eigenvalue weighted by Gasteiger charge is -2.36.